The average Bonchev–Trinajstić information content (AvgIpc) is 3.31. The van der Waals surface area contributed by atoms with Gasteiger partial charge < -0.3 is 4.74 Å². The monoisotopic (exact) mass is 322 g/mol. The highest BCUT2D eigenvalue weighted by Gasteiger charge is 2.61. The molecule has 24 heavy (non-hydrogen) atoms. The van der Waals surface area contributed by atoms with E-state index in [-0.39, 0.29) is 6.04 Å². The summed E-state index contributed by atoms with van der Waals surface area (Å²) < 4.78 is 4.83. The van der Waals surface area contributed by atoms with E-state index in [0.29, 0.717) is 11.1 Å². The predicted molar refractivity (Wildman–Crippen MR) is 83.8 cm³/mol. The third kappa shape index (κ3) is 1.97. The maximum Gasteiger partial charge on any atom is 0.327 e. The molecule has 1 fully saturated rings. The smallest absolute Gasteiger partial charge is 0.327 e. The van der Waals surface area contributed by atoms with Crippen LogP contribution in [0, 0.1) is 0 Å². The van der Waals surface area contributed by atoms with E-state index in [1.54, 1.807) is 24.3 Å². The molecule has 2 aliphatic heterocycles. The Balaban J connectivity index is 1.72. The third-order valence-electron chi connectivity index (χ3n) is 4.37. The fraction of sp³-hybridized carbons (Fsp3) is 0.167. The summed E-state index contributed by atoms with van der Waals surface area (Å²) >= 11 is 0. The van der Waals surface area contributed by atoms with Crippen molar-refractivity contribution in [2.24, 2.45) is 0 Å². The number of carbonyl (C=O) groups is 3. The van der Waals surface area contributed by atoms with Gasteiger partial charge in [0.2, 0.25) is 0 Å². The third-order valence-corrected chi connectivity index (χ3v) is 4.37. The minimum atomic E-state index is -0.681. The number of hydrogen-bond acceptors (Lipinski definition) is 5. The van der Waals surface area contributed by atoms with Crippen molar-refractivity contribution >= 4 is 17.8 Å². The van der Waals surface area contributed by atoms with Gasteiger partial charge >= 0.3 is 5.97 Å². The molecule has 6 nitrogen and oxygen atoms in total. The summed E-state index contributed by atoms with van der Waals surface area (Å²) in [7, 11) is 1.29. The van der Waals surface area contributed by atoms with Crippen LogP contribution in [-0.2, 0) is 9.53 Å². The molecule has 0 spiro atoms. The van der Waals surface area contributed by atoms with Gasteiger partial charge in [0.1, 0.15) is 6.04 Å². The summed E-state index contributed by atoms with van der Waals surface area (Å²) in [5.74, 6) is -1.30. The second-order valence-electron chi connectivity index (χ2n) is 5.67. The number of benzene rings is 2. The van der Waals surface area contributed by atoms with Gasteiger partial charge in [0.15, 0.2) is 0 Å². The number of rotatable bonds is 3. The van der Waals surface area contributed by atoms with E-state index in [9.17, 15) is 14.4 Å². The van der Waals surface area contributed by atoms with Crippen molar-refractivity contribution in [2.75, 3.05) is 7.11 Å². The maximum atomic E-state index is 12.6. The largest absolute Gasteiger partial charge is 0.468 e. The lowest BCUT2D eigenvalue weighted by molar-refractivity contribution is -0.141. The number of carbonyl (C=O) groups excluding carboxylic acids is 3. The molecule has 2 aliphatic rings. The summed E-state index contributed by atoms with van der Waals surface area (Å²) in [5, 5.41) is 2.55. The number of amides is 2. The van der Waals surface area contributed by atoms with Gasteiger partial charge in [0.25, 0.3) is 11.8 Å². The number of imide groups is 1. The number of fused-ring (bicyclic) bond motifs is 1. The van der Waals surface area contributed by atoms with Crippen LogP contribution in [0.15, 0.2) is 54.6 Å². The molecule has 2 aromatic rings. The Kier molecular flexibility index (Phi) is 3.21. The maximum absolute atomic E-state index is 12.6. The van der Waals surface area contributed by atoms with Crippen LogP contribution in [0.25, 0.3) is 0 Å². The van der Waals surface area contributed by atoms with Crippen molar-refractivity contribution in [1.82, 2.24) is 10.0 Å². The number of hydrogen-bond donors (Lipinski definition) is 0. The van der Waals surface area contributed by atoms with Gasteiger partial charge in [-0.05, 0) is 17.7 Å². The molecule has 2 aromatic carbocycles. The molecule has 0 bridgehead atoms. The molecule has 4 rings (SSSR count). The number of nitrogens with zero attached hydrogens (tertiary/aromatic N) is 2. The van der Waals surface area contributed by atoms with Gasteiger partial charge in [0.05, 0.1) is 24.3 Å². The van der Waals surface area contributed by atoms with E-state index in [0.717, 1.165) is 10.6 Å². The molecule has 1 unspecified atom stereocenters. The SMILES string of the molecule is COC(=O)[C@@H]1[C@@H](c2ccccc2)N1N1C(=O)c2ccccc2C1=O. The van der Waals surface area contributed by atoms with Crippen LogP contribution in [0.4, 0.5) is 0 Å². The van der Waals surface area contributed by atoms with Gasteiger partial charge in [-0.25, -0.2) is 5.01 Å². The highest BCUT2D eigenvalue weighted by molar-refractivity contribution is 6.21. The Morgan fingerprint density at radius 2 is 1.46 bits per heavy atom. The van der Waals surface area contributed by atoms with Crippen molar-refractivity contribution in [2.45, 2.75) is 12.1 Å². The van der Waals surface area contributed by atoms with Gasteiger partial charge in [-0.15, -0.1) is 0 Å². The van der Waals surface area contributed by atoms with Crippen molar-refractivity contribution < 1.29 is 19.1 Å². The minimum absolute atomic E-state index is 0.352. The summed E-state index contributed by atoms with van der Waals surface area (Å²) in [6.45, 7) is 0. The van der Waals surface area contributed by atoms with Crippen molar-refractivity contribution in [3.8, 4) is 0 Å². The predicted octanol–water partition coefficient (Wildman–Crippen LogP) is 1.80. The average molecular weight is 322 g/mol. The quantitative estimate of drug-likeness (QED) is 0.490. The Bertz CT molecular complexity index is 814. The standard InChI is InChI=1S/C18H14N2O4/c1-24-18(23)15-14(11-7-3-2-4-8-11)19(15)20-16(21)12-9-5-6-10-13(12)17(20)22/h2-10,14-15H,1H3/t14-,15+,19?/m1/s1. The van der Waals surface area contributed by atoms with E-state index in [4.69, 9.17) is 4.74 Å². The summed E-state index contributed by atoms with van der Waals surface area (Å²) in [4.78, 5) is 37.4. The molecule has 0 aliphatic carbocycles. The molecular formula is C18H14N2O4. The van der Waals surface area contributed by atoms with Crippen LogP contribution >= 0.6 is 0 Å². The van der Waals surface area contributed by atoms with Gasteiger partial charge in [-0.1, -0.05) is 42.5 Å². The zero-order chi connectivity index (χ0) is 16.8. The van der Waals surface area contributed by atoms with Crippen molar-refractivity contribution in [1.29, 1.82) is 0 Å². The molecule has 6 heteroatoms. The highest BCUT2D eigenvalue weighted by atomic mass is 16.5. The van der Waals surface area contributed by atoms with Crippen LogP contribution in [0.2, 0.25) is 0 Å². The number of esters is 1. The Morgan fingerprint density at radius 1 is 0.917 bits per heavy atom. The Labute approximate surface area is 138 Å². The molecule has 0 N–H and O–H groups in total. The van der Waals surface area contributed by atoms with Crippen LogP contribution < -0.4 is 0 Å². The lowest BCUT2D eigenvalue weighted by Gasteiger charge is -2.16. The first-order valence-corrected chi connectivity index (χ1v) is 7.54. The van der Waals surface area contributed by atoms with Crippen molar-refractivity contribution in [3.63, 3.8) is 0 Å². The summed E-state index contributed by atoms with van der Waals surface area (Å²) in [6.07, 6.45) is 0. The van der Waals surface area contributed by atoms with E-state index in [1.807, 2.05) is 30.3 Å². The highest BCUT2D eigenvalue weighted by Crippen LogP contribution is 2.47. The molecule has 0 radical (unpaired) electrons. The zero-order valence-electron chi connectivity index (χ0n) is 12.9. The first-order valence-electron chi connectivity index (χ1n) is 7.54. The summed E-state index contributed by atoms with van der Waals surface area (Å²) in [6, 6.07) is 14.9. The topological polar surface area (TPSA) is 66.7 Å². The van der Waals surface area contributed by atoms with Gasteiger partial charge in [-0.3, -0.25) is 14.4 Å². The number of hydrazine groups is 1. The first-order chi connectivity index (χ1) is 11.6. The van der Waals surface area contributed by atoms with Crippen LogP contribution in [-0.4, -0.2) is 41.0 Å². The molecule has 3 atom stereocenters. The fourth-order valence-electron chi connectivity index (χ4n) is 3.20. The molecule has 2 heterocycles. The summed E-state index contributed by atoms with van der Waals surface area (Å²) in [5.41, 5.74) is 1.55. The number of ether oxygens (including phenoxy) is 1. The van der Waals surface area contributed by atoms with Gasteiger partial charge in [0, 0.05) is 0 Å². The normalized spacial score (nSPS) is 24.7. The molecule has 0 saturated carbocycles. The molecule has 120 valence electrons. The van der Waals surface area contributed by atoms with Crippen LogP contribution in [0.1, 0.15) is 32.3 Å². The van der Waals surface area contributed by atoms with Crippen LogP contribution in [0.5, 0.6) is 0 Å². The van der Waals surface area contributed by atoms with Crippen molar-refractivity contribution in [3.05, 3.63) is 71.3 Å². The number of methoxy groups -OCH3 is 1. The minimum Gasteiger partial charge on any atom is -0.468 e. The lowest BCUT2D eigenvalue weighted by atomic mass is 10.1. The molecule has 2 amide bonds. The molecule has 0 aromatic heterocycles. The second kappa shape index (κ2) is 5.28. The van der Waals surface area contributed by atoms with E-state index < -0.39 is 23.8 Å². The van der Waals surface area contributed by atoms with E-state index in [1.165, 1.54) is 12.1 Å². The van der Waals surface area contributed by atoms with Crippen LogP contribution in [0.3, 0.4) is 0 Å². The fourth-order valence-corrected chi connectivity index (χ4v) is 3.20. The zero-order valence-corrected chi connectivity index (χ0v) is 12.9. The van der Waals surface area contributed by atoms with E-state index in [2.05, 4.69) is 0 Å². The molecule has 1 saturated heterocycles. The second-order valence-corrected chi connectivity index (χ2v) is 5.67. The Hall–Kier alpha value is -2.99. The lowest BCUT2D eigenvalue weighted by Crippen LogP contribution is -2.37. The first kappa shape index (κ1) is 14.6. The van der Waals surface area contributed by atoms with Gasteiger partial charge in [-0.2, -0.15) is 5.01 Å². The molecular weight excluding hydrogens is 308 g/mol. The Morgan fingerprint density at radius 3 is 2.00 bits per heavy atom. The van der Waals surface area contributed by atoms with E-state index >= 15 is 0 Å².